The standard InChI is InChI=1S/C52H51N5O8S/c58-47-33-65-40-25-20-37(21-26-40)30-44(50(61)57-46(52(63)64)31-35-13-6-2-7-14-35)55-48(59)42(27-22-34-11-4-1-5-12-34)54-49(60)43(56-51(62)45(53-47)32-41-17-10-28-66-41)29-36-18-23-39(24-19-36)38-15-8-3-9-16-38/h1-21,23-26,28,42-46H,22,27,29-33H2,(H,53,58)(H,54,60)(H,55,59)(H,56,62)(H,57,61)(H,63,64)/t42-,43+,44-,45-,46-/m0/s1. The van der Waals surface area contributed by atoms with Crippen molar-refractivity contribution in [3.05, 3.63) is 184 Å². The Bertz CT molecular complexity index is 2560. The highest BCUT2D eigenvalue weighted by atomic mass is 32.1. The smallest absolute Gasteiger partial charge is 0.326 e. The van der Waals surface area contributed by atoms with Crippen molar-refractivity contribution < 1.29 is 38.6 Å². The van der Waals surface area contributed by atoms with E-state index in [4.69, 9.17) is 4.74 Å². The molecule has 0 fully saturated rings. The van der Waals surface area contributed by atoms with Gasteiger partial charge >= 0.3 is 5.97 Å². The minimum absolute atomic E-state index is 0.00573. The number of amides is 5. The number of carboxylic acids is 1. The Balaban J connectivity index is 1.22. The Labute approximate surface area is 387 Å². The zero-order valence-corrected chi connectivity index (χ0v) is 36.9. The SMILES string of the molecule is O=C1COc2ccc(cc2)C[C@@H](C(=O)N[C@@H](Cc2ccccc2)C(=O)O)NC(=O)[C@H](CCc2ccccc2)NC(=O)[C@@H](Cc2ccc(-c3ccccc3)cc2)NC(=O)[C@H](Cc2cccs2)N1. The van der Waals surface area contributed by atoms with Gasteiger partial charge in [-0.1, -0.05) is 133 Å². The number of hydrogen-bond acceptors (Lipinski definition) is 8. The fraction of sp³-hybridized carbons (Fsp3) is 0.231. The molecule has 1 aromatic heterocycles. The van der Waals surface area contributed by atoms with Crippen molar-refractivity contribution in [2.45, 2.75) is 68.7 Å². The van der Waals surface area contributed by atoms with Gasteiger partial charge in [0.05, 0.1) is 0 Å². The molecule has 2 aliphatic heterocycles. The number of hydrogen-bond donors (Lipinski definition) is 6. The van der Waals surface area contributed by atoms with Crippen molar-refractivity contribution in [3.63, 3.8) is 0 Å². The van der Waals surface area contributed by atoms with Crippen molar-refractivity contribution in [1.82, 2.24) is 26.6 Å². The summed E-state index contributed by atoms with van der Waals surface area (Å²) >= 11 is 1.42. The molecule has 8 rings (SSSR count). The zero-order chi connectivity index (χ0) is 46.3. The maximum atomic E-state index is 14.7. The monoisotopic (exact) mass is 905 g/mol. The van der Waals surface area contributed by atoms with Gasteiger partial charge in [0.2, 0.25) is 23.6 Å². The predicted octanol–water partition coefficient (Wildman–Crippen LogP) is 5.22. The van der Waals surface area contributed by atoms with Crippen molar-refractivity contribution in [1.29, 1.82) is 0 Å². The van der Waals surface area contributed by atoms with Gasteiger partial charge in [0.25, 0.3) is 5.91 Å². The van der Waals surface area contributed by atoms with Crippen LogP contribution in [0.25, 0.3) is 11.1 Å². The van der Waals surface area contributed by atoms with Gasteiger partial charge in [-0.3, -0.25) is 24.0 Å². The summed E-state index contributed by atoms with van der Waals surface area (Å²) in [5.41, 5.74) is 4.85. The van der Waals surface area contributed by atoms with Crippen LogP contribution >= 0.6 is 11.3 Å². The van der Waals surface area contributed by atoms with Crippen LogP contribution in [0.4, 0.5) is 0 Å². The lowest BCUT2D eigenvalue weighted by atomic mass is 9.99. The molecule has 2 aliphatic rings. The summed E-state index contributed by atoms with van der Waals surface area (Å²) in [6.07, 6.45) is 0.578. The van der Waals surface area contributed by atoms with Gasteiger partial charge in [-0.15, -0.1) is 11.3 Å². The van der Waals surface area contributed by atoms with Crippen LogP contribution in [0.3, 0.4) is 0 Å². The number of aryl methyl sites for hydroxylation is 1. The number of thiophene rings is 1. The van der Waals surface area contributed by atoms with Gasteiger partial charge in [-0.25, -0.2) is 4.79 Å². The molecule has 0 spiro atoms. The quantitative estimate of drug-likeness (QED) is 0.0851. The largest absolute Gasteiger partial charge is 0.484 e. The van der Waals surface area contributed by atoms with Crippen LogP contribution in [0.2, 0.25) is 0 Å². The highest BCUT2D eigenvalue weighted by molar-refractivity contribution is 7.09. The summed E-state index contributed by atoms with van der Waals surface area (Å²) in [5.74, 6) is -4.22. The first-order valence-electron chi connectivity index (χ1n) is 21.8. The molecule has 338 valence electrons. The minimum Gasteiger partial charge on any atom is -0.484 e. The van der Waals surface area contributed by atoms with Crippen LogP contribution in [0.15, 0.2) is 157 Å². The van der Waals surface area contributed by atoms with E-state index in [-0.39, 0.29) is 32.1 Å². The summed E-state index contributed by atoms with van der Waals surface area (Å²) in [6, 6.07) is 39.8. The third kappa shape index (κ3) is 13.5. The van der Waals surface area contributed by atoms with E-state index in [2.05, 4.69) is 26.6 Å². The molecule has 13 nitrogen and oxygen atoms in total. The number of carbonyl (C=O) groups excluding carboxylic acids is 5. The molecular formula is C52H51N5O8S. The Morgan fingerprint density at radius 1 is 0.621 bits per heavy atom. The Kier molecular flexibility index (Phi) is 16.1. The van der Waals surface area contributed by atoms with Gasteiger partial charge < -0.3 is 36.4 Å². The van der Waals surface area contributed by atoms with Crippen LogP contribution in [0.1, 0.15) is 33.6 Å². The van der Waals surface area contributed by atoms with Crippen LogP contribution in [-0.2, 0) is 60.9 Å². The van der Waals surface area contributed by atoms with E-state index in [1.165, 1.54) is 11.3 Å². The third-order valence-electron chi connectivity index (χ3n) is 11.2. The molecule has 3 heterocycles. The highest BCUT2D eigenvalue weighted by Gasteiger charge is 2.33. The summed E-state index contributed by atoms with van der Waals surface area (Å²) in [5, 5.41) is 26.1. The molecule has 14 heteroatoms. The lowest BCUT2D eigenvalue weighted by molar-refractivity contribution is -0.142. The summed E-state index contributed by atoms with van der Waals surface area (Å²) in [6.45, 7) is -0.423. The molecular weight excluding hydrogens is 855 g/mol. The first-order valence-corrected chi connectivity index (χ1v) is 22.6. The maximum absolute atomic E-state index is 14.7. The third-order valence-corrected chi connectivity index (χ3v) is 12.1. The second-order valence-corrected chi connectivity index (χ2v) is 17.1. The lowest BCUT2D eigenvalue weighted by Gasteiger charge is -2.27. The zero-order valence-electron chi connectivity index (χ0n) is 36.1. The van der Waals surface area contributed by atoms with Crippen molar-refractivity contribution in [3.8, 4) is 16.9 Å². The number of nitrogens with one attached hydrogen (secondary N) is 5. The number of benzene rings is 5. The molecule has 5 atom stereocenters. The molecule has 0 saturated carbocycles. The van der Waals surface area contributed by atoms with Gasteiger partial charge in [-0.2, -0.15) is 0 Å². The van der Waals surface area contributed by atoms with Crippen molar-refractivity contribution >= 4 is 46.8 Å². The molecule has 6 N–H and O–H groups in total. The van der Waals surface area contributed by atoms with Gasteiger partial charge in [-0.05, 0) is 69.8 Å². The molecule has 0 unspecified atom stereocenters. The molecule has 0 aliphatic carbocycles. The van der Waals surface area contributed by atoms with E-state index < -0.39 is 72.3 Å². The Hall–Kier alpha value is -7.58. The molecule has 66 heavy (non-hydrogen) atoms. The summed E-state index contributed by atoms with van der Waals surface area (Å²) in [7, 11) is 0. The molecule has 0 saturated heterocycles. The average Bonchev–Trinajstić information content (AvgIpc) is 3.85. The first kappa shape index (κ1) is 46.4. The molecule has 2 bridgehead atoms. The van der Waals surface area contributed by atoms with Crippen molar-refractivity contribution in [2.75, 3.05) is 6.61 Å². The number of carbonyl (C=O) groups is 6. The first-order chi connectivity index (χ1) is 32.1. The van der Waals surface area contributed by atoms with E-state index in [1.807, 2.05) is 102 Å². The van der Waals surface area contributed by atoms with Gasteiger partial charge in [0.1, 0.15) is 36.0 Å². The molecule has 5 amide bonds. The average molecular weight is 906 g/mol. The fourth-order valence-electron chi connectivity index (χ4n) is 7.66. The highest BCUT2D eigenvalue weighted by Crippen LogP contribution is 2.21. The summed E-state index contributed by atoms with van der Waals surface area (Å²) < 4.78 is 5.80. The number of rotatable bonds is 13. The van der Waals surface area contributed by atoms with Crippen LogP contribution in [-0.4, -0.2) is 77.4 Å². The fourth-order valence-corrected chi connectivity index (χ4v) is 8.42. The normalized spacial score (nSPS) is 18.7. The summed E-state index contributed by atoms with van der Waals surface area (Å²) in [4.78, 5) is 84.5. The maximum Gasteiger partial charge on any atom is 0.326 e. The number of carboxylic acid groups (broad SMARTS) is 1. The Morgan fingerprint density at radius 2 is 1.21 bits per heavy atom. The van der Waals surface area contributed by atoms with E-state index in [9.17, 15) is 33.9 Å². The van der Waals surface area contributed by atoms with E-state index >= 15 is 0 Å². The predicted molar refractivity (Wildman–Crippen MR) is 251 cm³/mol. The second kappa shape index (κ2) is 22.9. The second-order valence-electron chi connectivity index (χ2n) is 16.1. The number of aliphatic carboxylic acids is 1. The minimum atomic E-state index is -1.32. The topological polar surface area (TPSA) is 192 Å². The van der Waals surface area contributed by atoms with Gasteiger partial charge in [0, 0.05) is 30.6 Å². The Morgan fingerprint density at radius 3 is 1.85 bits per heavy atom. The lowest BCUT2D eigenvalue weighted by Crippen LogP contribution is -2.60. The number of ether oxygens (including phenoxy) is 1. The molecule has 6 aromatic rings. The van der Waals surface area contributed by atoms with Gasteiger partial charge in [0.15, 0.2) is 6.61 Å². The van der Waals surface area contributed by atoms with Crippen molar-refractivity contribution in [2.24, 2.45) is 0 Å². The van der Waals surface area contributed by atoms with E-state index in [1.54, 1.807) is 54.6 Å². The van der Waals surface area contributed by atoms with Crippen LogP contribution in [0, 0.1) is 0 Å². The number of fused-ring (bicyclic) bond motifs is 16. The molecule has 5 aromatic carbocycles. The van der Waals surface area contributed by atoms with E-state index in [0.29, 0.717) is 23.3 Å². The van der Waals surface area contributed by atoms with E-state index in [0.717, 1.165) is 27.1 Å². The molecule has 0 radical (unpaired) electrons. The van der Waals surface area contributed by atoms with Crippen LogP contribution < -0.4 is 31.3 Å². The van der Waals surface area contributed by atoms with Crippen LogP contribution in [0.5, 0.6) is 5.75 Å².